The van der Waals surface area contributed by atoms with Gasteiger partial charge in [0.05, 0.1) is 0 Å². The molecule has 0 saturated carbocycles. The first kappa shape index (κ1) is 13.6. The molecule has 1 aromatic rings. The van der Waals surface area contributed by atoms with Crippen LogP contribution in [0.15, 0.2) is 17.4 Å². The molecule has 6 nitrogen and oxygen atoms in total. The number of aromatic nitrogens is 2. The van der Waals surface area contributed by atoms with E-state index in [-0.39, 0.29) is 5.84 Å². The van der Waals surface area contributed by atoms with Crippen LogP contribution in [0.2, 0.25) is 0 Å². The van der Waals surface area contributed by atoms with E-state index >= 15 is 0 Å². The van der Waals surface area contributed by atoms with Gasteiger partial charge in [-0.05, 0) is 31.7 Å². The predicted octanol–water partition coefficient (Wildman–Crippen LogP) is 1.73. The molecule has 1 fully saturated rings. The molecule has 0 radical (unpaired) electrons. The number of piperidine rings is 1. The van der Waals surface area contributed by atoms with Crippen molar-refractivity contribution >= 4 is 11.8 Å². The summed E-state index contributed by atoms with van der Waals surface area (Å²) >= 11 is 0. The van der Waals surface area contributed by atoms with Gasteiger partial charge in [-0.3, -0.25) is 0 Å². The number of amidine groups is 1. The number of oxime groups is 1. The lowest BCUT2D eigenvalue weighted by Crippen LogP contribution is -2.40. The summed E-state index contributed by atoms with van der Waals surface area (Å²) in [4.78, 5) is 11.0. The standard InChI is InChI=1S/C13H21N5O/c1-2-5-10-6-3-4-9-18(10)13-15-8-7-11(16-13)12(14)17-19/h7-8,10,19H,2-6,9H2,1H3,(H2,14,17). The molecule has 0 bridgehead atoms. The van der Waals surface area contributed by atoms with Crippen LogP contribution in [-0.4, -0.2) is 33.6 Å². The molecule has 1 aliphatic rings. The zero-order chi connectivity index (χ0) is 13.7. The predicted molar refractivity (Wildman–Crippen MR) is 74.4 cm³/mol. The minimum absolute atomic E-state index is 0.0210. The first-order valence-electron chi connectivity index (χ1n) is 6.83. The van der Waals surface area contributed by atoms with Gasteiger partial charge >= 0.3 is 0 Å². The maximum Gasteiger partial charge on any atom is 0.226 e. The Kier molecular flexibility index (Phi) is 4.54. The van der Waals surface area contributed by atoms with Crippen molar-refractivity contribution in [3.8, 4) is 0 Å². The van der Waals surface area contributed by atoms with Gasteiger partial charge in [0.1, 0.15) is 5.69 Å². The Morgan fingerprint density at radius 3 is 3.16 bits per heavy atom. The third-order valence-corrected chi connectivity index (χ3v) is 3.52. The summed E-state index contributed by atoms with van der Waals surface area (Å²) < 4.78 is 0. The average molecular weight is 263 g/mol. The molecular formula is C13H21N5O. The summed E-state index contributed by atoms with van der Waals surface area (Å²) in [5.41, 5.74) is 6.04. The largest absolute Gasteiger partial charge is 0.409 e. The van der Waals surface area contributed by atoms with E-state index in [1.54, 1.807) is 12.3 Å². The smallest absolute Gasteiger partial charge is 0.226 e. The highest BCUT2D eigenvalue weighted by Gasteiger charge is 2.24. The Labute approximate surface area is 113 Å². The number of anilines is 1. The highest BCUT2D eigenvalue weighted by molar-refractivity contribution is 5.95. The number of hydrogen-bond donors (Lipinski definition) is 2. The second kappa shape index (κ2) is 6.36. The minimum Gasteiger partial charge on any atom is -0.409 e. The highest BCUT2D eigenvalue weighted by Crippen LogP contribution is 2.24. The van der Waals surface area contributed by atoms with Crippen molar-refractivity contribution in [2.45, 2.75) is 45.1 Å². The molecule has 3 N–H and O–H groups in total. The molecule has 2 rings (SSSR count). The van der Waals surface area contributed by atoms with Crippen LogP contribution in [0.25, 0.3) is 0 Å². The van der Waals surface area contributed by atoms with E-state index in [0.29, 0.717) is 17.7 Å². The van der Waals surface area contributed by atoms with E-state index in [1.807, 2.05) is 0 Å². The quantitative estimate of drug-likeness (QED) is 0.374. The molecule has 1 aliphatic heterocycles. The van der Waals surface area contributed by atoms with E-state index in [4.69, 9.17) is 10.9 Å². The van der Waals surface area contributed by atoms with E-state index < -0.39 is 0 Å². The minimum atomic E-state index is 0.0210. The summed E-state index contributed by atoms with van der Waals surface area (Å²) in [6.45, 7) is 3.17. The van der Waals surface area contributed by atoms with Gasteiger partial charge in [-0.1, -0.05) is 18.5 Å². The van der Waals surface area contributed by atoms with Crippen LogP contribution >= 0.6 is 0 Å². The van der Waals surface area contributed by atoms with Gasteiger partial charge in [0.25, 0.3) is 0 Å². The van der Waals surface area contributed by atoms with Gasteiger partial charge in [-0.15, -0.1) is 0 Å². The molecule has 0 aliphatic carbocycles. The summed E-state index contributed by atoms with van der Waals surface area (Å²) in [6, 6.07) is 2.15. The van der Waals surface area contributed by atoms with Crippen LogP contribution < -0.4 is 10.6 Å². The summed E-state index contributed by atoms with van der Waals surface area (Å²) in [7, 11) is 0. The van der Waals surface area contributed by atoms with Crippen molar-refractivity contribution in [1.82, 2.24) is 9.97 Å². The normalized spacial score (nSPS) is 20.6. The number of rotatable bonds is 4. The van der Waals surface area contributed by atoms with Crippen LogP contribution in [-0.2, 0) is 0 Å². The Bertz CT molecular complexity index is 446. The molecule has 1 unspecified atom stereocenters. The second-order valence-corrected chi connectivity index (χ2v) is 4.86. The van der Waals surface area contributed by atoms with E-state index in [1.165, 1.54) is 12.8 Å². The molecular weight excluding hydrogens is 242 g/mol. The Balaban J connectivity index is 2.23. The van der Waals surface area contributed by atoms with Gasteiger partial charge in [0.2, 0.25) is 5.95 Å². The first-order chi connectivity index (χ1) is 9.26. The molecule has 104 valence electrons. The SMILES string of the molecule is CCCC1CCCCN1c1nccc(/C(N)=N/O)n1. The summed E-state index contributed by atoms with van der Waals surface area (Å²) in [5.74, 6) is 0.704. The monoisotopic (exact) mass is 263 g/mol. The lowest BCUT2D eigenvalue weighted by Gasteiger charge is -2.35. The number of nitrogens with two attached hydrogens (primary N) is 1. The molecule has 1 aromatic heterocycles. The van der Waals surface area contributed by atoms with Crippen molar-refractivity contribution in [2.75, 3.05) is 11.4 Å². The Morgan fingerprint density at radius 1 is 1.58 bits per heavy atom. The van der Waals surface area contributed by atoms with Crippen LogP contribution in [0.5, 0.6) is 0 Å². The van der Waals surface area contributed by atoms with Crippen LogP contribution in [0.1, 0.15) is 44.7 Å². The molecule has 6 heteroatoms. The fourth-order valence-electron chi connectivity index (χ4n) is 2.58. The summed E-state index contributed by atoms with van der Waals surface area (Å²) in [6.07, 6.45) is 7.58. The molecule has 2 heterocycles. The van der Waals surface area contributed by atoms with Crippen molar-refractivity contribution < 1.29 is 5.21 Å². The van der Waals surface area contributed by atoms with E-state index in [2.05, 4.69) is 26.9 Å². The van der Waals surface area contributed by atoms with Crippen molar-refractivity contribution in [3.05, 3.63) is 18.0 Å². The van der Waals surface area contributed by atoms with Gasteiger partial charge in [-0.25, -0.2) is 9.97 Å². The van der Waals surface area contributed by atoms with Crippen LogP contribution in [0, 0.1) is 0 Å². The van der Waals surface area contributed by atoms with Gasteiger partial charge < -0.3 is 15.8 Å². The summed E-state index contributed by atoms with van der Waals surface area (Å²) in [5, 5.41) is 11.7. The van der Waals surface area contributed by atoms with E-state index in [9.17, 15) is 0 Å². The third-order valence-electron chi connectivity index (χ3n) is 3.52. The molecule has 0 spiro atoms. The topological polar surface area (TPSA) is 87.6 Å². The number of hydrogen-bond acceptors (Lipinski definition) is 5. The van der Waals surface area contributed by atoms with Gasteiger partial charge in [-0.2, -0.15) is 0 Å². The van der Waals surface area contributed by atoms with Crippen LogP contribution in [0.4, 0.5) is 5.95 Å². The molecule has 1 atom stereocenters. The molecule has 0 amide bonds. The lowest BCUT2D eigenvalue weighted by atomic mass is 9.99. The Morgan fingerprint density at radius 2 is 2.42 bits per heavy atom. The van der Waals surface area contributed by atoms with Crippen molar-refractivity contribution in [1.29, 1.82) is 0 Å². The van der Waals surface area contributed by atoms with Gasteiger partial charge in [0.15, 0.2) is 5.84 Å². The van der Waals surface area contributed by atoms with Crippen LogP contribution in [0.3, 0.4) is 0 Å². The number of nitrogens with zero attached hydrogens (tertiary/aromatic N) is 4. The first-order valence-corrected chi connectivity index (χ1v) is 6.83. The average Bonchev–Trinajstić information content (AvgIpc) is 2.47. The van der Waals surface area contributed by atoms with E-state index in [0.717, 1.165) is 25.8 Å². The maximum atomic E-state index is 8.71. The fraction of sp³-hybridized carbons (Fsp3) is 0.615. The maximum absolute atomic E-state index is 8.71. The second-order valence-electron chi connectivity index (χ2n) is 4.86. The Hall–Kier alpha value is -1.85. The van der Waals surface area contributed by atoms with Crippen molar-refractivity contribution in [2.24, 2.45) is 10.9 Å². The zero-order valence-electron chi connectivity index (χ0n) is 11.3. The lowest BCUT2D eigenvalue weighted by molar-refractivity contribution is 0.318. The highest BCUT2D eigenvalue weighted by atomic mass is 16.4. The molecule has 0 aromatic carbocycles. The third kappa shape index (κ3) is 3.13. The molecule has 19 heavy (non-hydrogen) atoms. The van der Waals surface area contributed by atoms with Gasteiger partial charge in [0, 0.05) is 18.8 Å². The zero-order valence-corrected chi connectivity index (χ0v) is 11.3. The van der Waals surface area contributed by atoms with Crippen molar-refractivity contribution in [3.63, 3.8) is 0 Å². The fourth-order valence-corrected chi connectivity index (χ4v) is 2.58. The molecule has 1 saturated heterocycles.